The Labute approximate surface area is 188 Å². The van der Waals surface area contributed by atoms with E-state index in [0.717, 1.165) is 38.4 Å². The second-order valence-electron chi connectivity index (χ2n) is 6.55. The average molecular weight is 517 g/mol. The monoisotopic (exact) mass is 516 g/mol. The van der Waals surface area contributed by atoms with Crippen LogP contribution in [0.3, 0.4) is 0 Å². The maximum Gasteiger partial charge on any atom is 0.191 e. The lowest BCUT2D eigenvalue weighted by Gasteiger charge is -2.33. The highest BCUT2D eigenvalue weighted by molar-refractivity contribution is 14.0. The molecule has 7 heteroatoms. The minimum Gasteiger partial charge on any atom is -0.363 e. The molecule has 2 N–H and O–H groups in total. The topological polar surface area (TPSA) is 39.7 Å². The molecule has 27 heavy (non-hydrogen) atoms. The van der Waals surface area contributed by atoms with Crippen LogP contribution in [0.25, 0.3) is 0 Å². The summed E-state index contributed by atoms with van der Waals surface area (Å²) >= 11 is 3.72. The molecule has 1 unspecified atom stereocenters. The Morgan fingerprint density at radius 2 is 1.96 bits per heavy atom. The van der Waals surface area contributed by atoms with E-state index in [1.165, 1.54) is 9.90 Å². The lowest BCUT2D eigenvalue weighted by atomic mass is 10.1. The highest BCUT2D eigenvalue weighted by Crippen LogP contribution is 2.25. The largest absolute Gasteiger partial charge is 0.363 e. The zero-order chi connectivity index (χ0) is 18.2. The summed E-state index contributed by atoms with van der Waals surface area (Å²) in [6, 6.07) is 15.4. The molecular formula is C20H29IN4S2. The molecule has 1 atom stereocenters. The first-order valence-electron chi connectivity index (χ1n) is 9.22. The number of hydrogen-bond acceptors (Lipinski definition) is 4. The Bertz CT molecular complexity index is 671. The Morgan fingerprint density at radius 1 is 1.22 bits per heavy atom. The third-order valence-electron chi connectivity index (χ3n) is 4.51. The van der Waals surface area contributed by atoms with E-state index in [9.17, 15) is 0 Å². The summed E-state index contributed by atoms with van der Waals surface area (Å²) in [7, 11) is 1.85. The molecule has 0 radical (unpaired) electrons. The molecule has 0 bridgehead atoms. The highest BCUT2D eigenvalue weighted by Gasteiger charge is 2.20. The summed E-state index contributed by atoms with van der Waals surface area (Å²) in [5.74, 6) is 0.917. The van der Waals surface area contributed by atoms with Crippen LogP contribution in [-0.2, 0) is 0 Å². The van der Waals surface area contributed by atoms with Crippen LogP contribution in [0.15, 0.2) is 57.7 Å². The van der Waals surface area contributed by atoms with E-state index in [0.29, 0.717) is 11.3 Å². The Morgan fingerprint density at radius 3 is 2.59 bits per heavy atom. The van der Waals surface area contributed by atoms with Gasteiger partial charge < -0.3 is 15.5 Å². The van der Waals surface area contributed by atoms with Gasteiger partial charge in [0.25, 0.3) is 0 Å². The van der Waals surface area contributed by atoms with E-state index in [4.69, 9.17) is 0 Å². The van der Waals surface area contributed by atoms with E-state index in [-0.39, 0.29) is 24.0 Å². The van der Waals surface area contributed by atoms with Gasteiger partial charge in [-0.25, -0.2) is 0 Å². The SMILES string of the molecule is CN=C(NCC(C)Sc1ccccc1)NC1CCN(c2cccs2)CC1.I. The van der Waals surface area contributed by atoms with Crippen LogP contribution in [-0.4, -0.2) is 43.9 Å². The number of nitrogens with one attached hydrogen (secondary N) is 2. The molecule has 3 rings (SSSR count). The van der Waals surface area contributed by atoms with Crippen molar-refractivity contribution in [1.82, 2.24) is 10.6 Å². The molecule has 1 aromatic heterocycles. The third-order valence-corrected chi connectivity index (χ3v) is 6.56. The van der Waals surface area contributed by atoms with Crippen LogP contribution in [0.4, 0.5) is 5.00 Å². The first-order valence-corrected chi connectivity index (χ1v) is 11.0. The van der Waals surface area contributed by atoms with Gasteiger partial charge in [-0.3, -0.25) is 4.99 Å². The summed E-state index contributed by atoms with van der Waals surface area (Å²) in [5.41, 5.74) is 0. The minimum atomic E-state index is 0. The number of anilines is 1. The molecule has 1 fully saturated rings. The zero-order valence-electron chi connectivity index (χ0n) is 15.9. The molecule has 0 aliphatic carbocycles. The van der Waals surface area contributed by atoms with Gasteiger partial charge in [0.1, 0.15) is 0 Å². The maximum absolute atomic E-state index is 4.40. The number of piperidine rings is 1. The van der Waals surface area contributed by atoms with Crippen molar-refractivity contribution in [1.29, 1.82) is 0 Å². The smallest absolute Gasteiger partial charge is 0.191 e. The van der Waals surface area contributed by atoms with Gasteiger partial charge in [0.2, 0.25) is 0 Å². The van der Waals surface area contributed by atoms with Crippen molar-refractivity contribution in [3.63, 3.8) is 0 Å². The molecule has 1 saturated heterocycles. The van der Waals surface area contributed by atoms with Crippen molar-refractivity contribution in [3.8, 4) is 0 Å². The first kappa shape index (κ1) is 22.4. The lowest BCUT2D eigenvalue weighted by molar-refractivity contribution is 0.463. The predicted octanol–water partition coefficient (Wildman–Crippen LogP) is 4.68. The third kappa shape index (κ3) is 7.19. The van der Waals surface area contributed by atoms with Gasteiger partial charge in [-0.15, -0.1) is 47.1 Å². The number of benzene rings is 1. The Kier molecular flexibility index (Phi) is 9.78. The molecule has 148 valence electrons. The molecule has 1 aliphatic rings. The van der Waals surface area contributed by atoms with Gasteiger partial charge in [0.15, 0.2) is 5.96 Å². The first-order chi connectivity index (χ1) is 12.7. The minimum absolute atomic E-state index is 0. The molecule has 4 nitrogen and oxygen atoms in total. The van der Waals surface area contributed by atoms with E-state index in [2.05, 4.69) is 75.3 Å². The number of halogens is 1. The van der Waals surface area contributed by atoms with E-state index < -0.39 is 0 Å². The number of aliphatic imine (C=N–C) groups is 1. The van der Waals surface area contributed by atoms with Crippen LogP contribution in [0.2, 0.25) is 0 Å². The van der Waals surface area contributed by atoms with Gasteiger partial charge in [0, 0.05) is 42.9 Å². The highest BCUT2D eigenvalue weighted by atomic mass is 127. The number of rotatable bonds is 6. The number of hydrogen-bond donors (Lipinski definition) is 2. The Hall–Kier alpha value is -0.930. The second-order valence-corrected chi connectivity index (χ2v) is 8.99. The lowest BCUT2D eigenvalue weighted by Crippen LogP contribution is -2.49. The summed E-state index contributed by atoms with van der Waals surface area (Å²) in [4.78, 5) is 8.20. The number of nitrogens with zero attached hydrogens (tertiary/aromatic N) is 2. The molecule has 0 amide bonds. The molecule has 2 heterocycles. The molecule has 0 spiro atoms. The van der Waals surface area contributed by atoms with Gasteiger partial charge in [-0.1, -0.05) is 25.1 Å². The van der Waals surface area contributed by atoms with Gasteiger partial charge >= 0.3 is 0 Å². The maximum atomic E-state index is 4.40. The summed E-state index contributed by atoms with van der Waals surface area (Å²) in [5, 5.41) is 11.1. The van der Waals surface area contributed by atoms with Crippen molar-refractivity contribution in [2.24, 2.45) is 4.99 Å². The molecular weight excluding hydrogens is 487 g/mol. The Balaban J connectivity index is 0.00000261. The molecule has 0 saturated carbocycles. The predicted molar refractivity (Wildman–Crippen MR) is 131 cm³/mol. The summed E-state index contributed by atoms with van der Waals surface area (Å²) in [6.45, 7) is 5.36. The van der Waals surface area contributed by atoms with Crippen LogP contribution < -0.4 is 15.5 Å². The number of thioether (sulfide) groups is 1. The van der Waals surface area contributed by atoms with Gasteiger partial charge in [-0.2, -0.15) is 0 Å². The van der Waals surface area contributed by atoms with E-state index in [1.54, 1.807) is 0 Å². The fourth-order valence-electron chi connectivity index (χ4n) is 3.10. The fourth-order valence-corrected chi connectivity index (χ4v) is 4.83. The molecule has 1 aliphatic heterocycles. The molecule has 1 aromatic carbocycles. The second kappa shape index (κ2) is 11.8. The van der Waals surface area contributed by atoms with Crippen LogP contribution in [0.5, 0.6) is 0 Å². The van der Waals surface area contributed by atoms with Crippen molar-refractivity contribution in [2.75, 3.05) is 31.6 Å². The molecule has 2 aromatic rings. The quantitative estimate of drug-likeness (QED) is 0.253. The summed E-state index contributed by atoms with van der Waals surface area (Å²) in [6.07, 6.45) is 2.29. The number of thiophene rings is 1. The van der Waals surface area contributed by atoms with Crippen molar-refractivity contribution in [2.45, 2.75) is 36.0 Å². The number of guanidine groups is 1. The standard InChI is InChI=1S/C20H28N4S2.HI/c1-16(26-18-7-4-3-5-8-18)15-22-20(21-2)23-17-10-12-24(13-11-17)19-9-6-14-25-19;/h3-9,14,16-17H,10-13,15H2,1-2H3,(H2,21,22,23);1H. The zero-order valence-corrected chi connectivity index (χ0v) is 19.9. The van der Waals surface area contributed by atoms with Crippen molar-refractivity contribution in [3.05, 3.63) is 47.8 Å². The van der Waals surface area contributed by atoms with E-state index >= 15 is 0 Å². The van der Waals surface area contributed by atoms with Gasteiger partial charge in [-0.05, 0) is 42.5 Å². The van der Waals surface area contributed by atoms with Crippen LogP contribution in [0, 0.1) is 0 Å². The van der Waals surface area contributed by atoms with Crippen LogP contribution in [0.1, 0.15) is 19.8 Å². The van der Waals surface area contributed by atoms with Crippen molar-refractivity contribution >= 4 is 58.0 Å². The normalized spacial score (nSPS) is 16.5. The van der Waals surface area contributed by atoms with Crippen LogP contribution >= 0.6 is 47.1 Å². The van der Waals surface area contributed by atoms with Crippen molar-refractivity contribution < 1.29 is 0 Å². The van der Waals surface area contributed by atoms with Gasteiger partial charge in [0.05, 0.1) is 5.00 Å². The summed E-state index contributed by atoms with van der Waals surface area (Å²) < 4.78 is 0. The fraction of sp³-hybridized carbons (Fsp3) is 0.450. The average Bonchev–Trinajstić information content (AvgIpc) is 3.21. The van der Waals surface area contributed by atoms with E-state index in [1.807, 2.05) is 30.1 Å².